The molecule has 2 heteroatoms. The van der Waals surface area contributed by atoms with Crippen molar-refractivity contribution in [3.05, 3.63) is 47.7 Å². The highest BCUT2D eigenvalue weighted by Gasteiger charge is 2.23. The van der Waals surface area contributed by atoms with E-state index in [1.807, 2.05) is 18.3 Å². The monoisotopic (exact) mass is 342 g/mol. The fourth-order valence-corrected chi connectivity index (χ4v) is 5.09. The Kier molecular flexibility index (Phi) is 3.62. The molecule has 1 fully saturated rings. The maximum Gasteiger partial charge on any atom is 0.0799 e. The molecule has 0 bridgehead atoms. The summed E-state index contributed by atoms with van der Waals surface area (Å²) in [5, 5.41) is 1.29. The van der Waals surface area contributed by atoms with Gasteiger partial charge in [0.1, 0.15) is 0 Å². The van der Waals surface area contributed by atoms with Crippen molar-refractivity contribution in [2.45, 2.75) is 65.0 Å². The molecule has 1 aromatic heterocycles. The molecule has 128 valence electrons. The van der Waals surface area contributed by atoms with Crippen molar-refractivity contribution in [3.63, 3.8) is 0 Å². The summed E-state index contributed by atoms with van der Waals surface area (Å²) < 4.78 is 39.6. The first-order valence-corrected chi connectivity index (χ1v) is 12.5. The maximum absolute atomic E-state index is 8.47. The first-order valence-electron chi connectivity index (χ1n) is 11.5. The Bertz CT molecular complexity index is 853. The fraction of sp³-hybridized carbons (Fsp3) is 0.500. The molecule has 0 amide bonds. The Balaban J connectivity index is 1.98. The van der Waals surface area contributed by atoms with E-state index in [9.17, 15) is 0 Å². The van der Waals surface area contributed by atoms with Crippen LogP contribution < -0.4 is 5.19 Å². The number of pyridine rings is 1. The molecule has 1 aliphatic rings. The maximum atomic E-state index is 8.47. The molecule has 2 aromatic rings. The molecular weight excluding hydrogens is 306 g/mol. The second kappa shape index (κ2) is 7.22. The number of rotatable bonds is 4. The minimum absolute atomic E-state index is 0.0412. The average molecular weight is 343 g/mol. The Morgan fingerprint density at radius 1 is 1.17 bits per heavy atom. The molecule has 1 unspecified atom stereocenters. The first-order chi connectivity index (χ1) is 13.4. The van der Waals surface area contributed by atoms with Crippen LogP contribution in [0, 0.1) is 12.8 Å². The summed E-state index contributed by atoms with van der Waals surface area (Å²) in [6.45, 7) is 4.79. The molecule has 1 aliphatic carbocycles. The molecule has 0 N–H and O–H groups in total. The third kappa shape index (κ3) is 4.16. The lowest BCUT2D eigenvalue weighted by atomic mass is 9.85. The lowest BCUT2D eigenvalue weighted by molar-refractivity contribution is 0.357. The largest absolute Gasteiger partial charge is 0.256 e. The zero-order valence-corrected chi connectivity index (χ0v) is 16.0. The van der Waals surface area contributed by atoms with Crippen LogP contribution in [0.4, 0.5) is 0 Å². The zero-order chi connectivity index (χ0) is 21.4. The number of hydrogen-bond donors (Lipinski definition) is 0. The molecule has 0 spiro atoms. The average Bonchev–Trinajstić information content (AvgIpc) is 2.62. The van der Waals surface area contributed by atoms with Crippen LogP contribution in [0.1, 0.15) is 50.0 Å². The van der Waals surface area contributed by atoms with Crippen LogP contribution in [-0.4, -0.2) is 13.1 Å². The first kappa shape index (κ1) is 12.0. The molecule has 0 aliphatic heterocycles. The van der Waals surface area contributed by atoms with E-state index in [-0.39, 0.29) is 5.92 Å². The van der Waals surface area contributed by atoms with Gasteiger partial charge in [-0.25, -0.2) is 0 Å². The molecule has 0 radical (unpaired) electrons. The van der Waals surface area contributed by atoms with E-state index in [1.165, 1.54) is 10.8 Å². The lowest BCUT2D eigenvalue weighted by Gasteiger charge is -2.26. The molecule has 1 aromatic carbocycles. The molecule has 24 heavy (non-hydrogen) atoms. The lowest BCUT2D eigenvalue weighted by Crippen LogP contribution is -2.41. The third-order valence-electron chi connectivity index (χ3n) is 4.86. The Morgan fingerprint density at radius 3 is 2.62 bits per heavy atom. The molecule has 1 nitrogen and oxygen atoms in total. The van der Waals surface area contributed by atoms with Gasteiger partial charge in [0.2, 0.25) is 0 Å². The van der Waals surface area contributed by atoms with E-state index in [0.717, 1.165) is 36.9 Å². The Hall–Kier alpha value is -1.41. The predicted molar refractivity (Wildman–Crippen MR) is 108 cm³/mol. The molecule has 0 saturated heterocycles. The van der Waals surface area contributed by atoms with Gasteiger partial charge in [-0.3, -0.25) is 4.98 Å². The minimum Gasteiger partial charge on any atom is -0.256 e. The van der Waals surface area contributed by atoms with Crippen LogP contribution in [-0.2, 0) is 6.42 Å². The van der Waals surface area contributed by atoms with Crippen LogP contribution in [0.25, 0.3) is 11.3 Å². The van der Waals surface area contributed by atoms with Gasteiger partial charge in [-0.15, -0.1) is 0 Å². The van der Waals surface area contributed by atoms with Gasteiger partial charge in [-0.1, -0.05) is 81.5 Å². The van der Waals surface area contributed by atoms with Crippen molar-refractivity contribution < 1.29 is 6.85 Å². The van der Waals surface area contributed by atoms with Crippen LogP contribution in [0.2, 0.25) is 19.6 Å². The second-order valence-electron chi connectivity index (χ2n) is 7.90. The number of nitrogens with zero attached hydrogens (tertiary/aromatic N) is 1. The van der Waals surface area contributed by atoms with Crippen molar-refractivity contribution in [1.29, 1.82) is 0 Å². The summed E-state index contributed by atoms with van der Waals surface area (Å²) in [5.41, 5.74) is 3.27. The van der Waals surface area contributed by atoms with Crippen molar-refractivity contribution in [2.24, 2.45) is 5.92 Å². The molecular formula is C22H31NSi. The van der Waals surface area contributed by atoms with E-state index in [4.69, 9.17) is 11.8 Å². The highest BCUT2D eigenvalue weighted by Crippen LogP contribution is 2.28. The van der Waals surface area contributed by atoms with Crippen molar-refractivity contribution in [2.75, 3.05) is 0 Å². The highest BCUT2D eigenvalue weighted by atomic mass is 28.3. The van der Waals surface area contributed by atoms with Crippen molar-refractivity contribution in [3.8, 4) is 11.3 Å². The van der Waals surface area contributed by atoms with Gasteiger partial charge in [0.15, 0.2) is 0 Å². The van der Waals surface area contributed by atoms with Crippen LogP contribution in [0.5, 0.6) is 0 Å². The molecule has 1 saturated carbocycles. The predicted octanol–water partition coefficient (Wildman–Crippen LogP) is 5.73. The Labute approximate surface area is 155 Å². The molecule has 1 heterocycles. The van der Waals surface area contributed by atoms with Gasteiger partial charge in [0.05, 0.1) is 13.8 Å². The van der Waals surface area contributed by atoms with E-state index in [2.05, 4.69) is 25.7 Å². The third-order valence-corrected chi connectivity index (χ3v) is 6.92. The molecule has 3 rings (SSSR count). The van der Waals surface area contributed by atoms with Crippen LogP contribution in [0.3, 0.4) is 0 Å². The van der Waals surface area contributed by atoms with Gasteiger partial charge in [0, 0.05) is 18.6 Å². The smallest absolute Gasteiger partial charge is 0.0799 e. The Morgan fingerprint density at radius 2 is 1.96 bits per heavy atom. The number of aryl methyl sites for hydroxylation is 1. The second-order valence-corrected chi connectivity index (χ2v) is 12.9. The number of benzene rings is 1. The number of hydrogen-bond acceptors (Lipinski definition) is 1. The standard InChI is InChI=1S/C22H31NSi/c1-17-10-12-19(13-11-17)21-15-20(14-18-8-6-5-7-9-18)22(16-23-21)24(2,3)4/h10-13,15-16,18H,5-9,14H2,1-4H3/i1D3,8D2. The highest BCUT2D eigenvalue weighted by molar-refractivity contribution is 6.89. The van der Waals surface area contributed by atoms with E-state index < -0.39 is 21.3 Å². The summed E-state index contributed by atoms with van der Waals surface area (Å²) in [6, 6.07) is 9.05. The summed E-state index contributed by atoms with van der Waals surface area (Å²) >= 11 is 0. The summed E-state index contributed by atoms with van der Waals surface area (Å²) in [6.07, 6.45) is 5.27. The quantitative estimate of drug-likeness (QED) is 0.647. The SMILES string of the molecule is [2H]C([2H])([2H])c1ccc(-c2cc(CC3CCCCC3([2H])[2H])c([Si](C)(C)C)cn2)cc1. The summed E-state index contributed by atoms with van der Waals surface area (Å²) in [4.78, 5) is 4.70. The van der Waals surface area contributed by atoms with Crippen molar-refractivity contribution >= 4 is 13.3 Å². The van der Waals surface area contributed by atoms with Gasteiger partial charge < -0.3 is 0 Å². The van der Waals surface area contributed by atoms with Gasteiger partial charge in [0.25, 0.3) is 0 Å². The number of aromatic nitrogens is 1. The normalized spacial score (nSPS) is 24.3. The van der Waals surface area contributed by atoms with E-state index in [0.29, 0.717) is 12.0 Å². The van der Waals surface area contributed by atoms with Crippen molar-refractivity contribution in [1.82, 2.24) is 4.98 Å². The summed E-state index contributed by atoms with van der Waals surface area (Å²) in [7, 11) is -1.63. The molecule has 1 atom stereocenters. The van der Waals surface area contributed by atoms with Crippen LogP contribution >= 0.6 is 0 Å². The zero-order valence-electron chi connectivity index (χ0n) is 20.0. The van der Waals surface area contributed by atoms with E-state index >= 15 is 0 Å². The van der Waals surface area contributed by atoms with Gasteiger partial charge in [-0.2, -0.15) is 0 Å². The fourth-order valence-electron chi connectivity index (χ4n) is 3.50. The van der Waals surface area contributed by atoms with Crippen LogP contribution in [0.15, 0.2) is 36.5 Å². The topological polar surface area (TPSA) is 12.9 Å². The minimum atomic E-state index is -2.11. The van der Waals surface area contributed by atoms with Gasteiger partial charge >= 0.3 is 0 Å². The van der Waals surface area contributed by atoms with Gasteiger partial charge in [-0.05, 0) is 36.0 Å². The van der Waals surface area contributed by atoms with E-state index in [1.54, 1.807) is 12.1 Å². The summed E-state index contributed by atoms with van der Waals surface area (Å²) in [5.74, 6) is 0.0412.